The molecule has 9 aromatic rings. The van der Waals surface area contributed by atoms with E-state index in [1.807, 2.05) is 30.3 Å². The Morgan fingerprint density at radius 1 is 0.426 bits per heavy atom. The first-order valence-electron chi connectivity index (χ1n) is 42.8. The molecule has 7 atom stereocenters. The van der Waals surface area contributed by atoms with Crippen LogP contribution in [-0.4, -0.2) is 113 Å². The SMILES string of the molecule is C=CCC(C/C=N\O)OCc1ccc(F)c(F)c1.C=CCC(CC=O)OCc1ccc(F)c(F)c1.C=CCC(CCO)OCc1ccc(F)c(F)c1.C=CCC(CCO[Si](c1ccccc1)(c1ccccc1)C(C)(C)C)OCc1ccc(F)c(F)c1.C=CCC(O)CCO[Si](c1ccccc1)(c1ccccc1)C(C)(C)C.Fc1ccc(COC2CC3=NOCC3C2)cc1F. The summed E-state index contributed by atoms with van der Waals surface area (Å²) in [4.78, 5) is 15.4. The lowest BCUT2D eigenvalue weighted by molar-refractivity contribution is -0.110. The standard InChI is InChI=1S/C29H34F2O2Si.C22H30O2Si.C13H13F2NO2.C13H15F2NO2.C13H16F2O2.C13H14F2O2/c1-5-12-24(32-22-23-17-18-27(30)28(31)21-23)19-20-33-34(29(2,3)4,25-13-8-6-9-14-25)26-15-10-7-11-16-26;1-5-12-19(23)17-18-24-25(22(2,3)4,20-13-8-6-9-14-20)21-15-10-7-11-16-21;14-11-2-1-8(3-12(11)15)6-17-10-4-9-7-18-16-13(9)5-10;1-2-3-11(6-7-16-17)18-9-10-4-5-12(14)13(15)8-10;2*1-2-3-11(6-7-16)17-9-10-4-5-12(14)13(15)8-10/h5-11,13-18,21,24H,1,12,19-20,22H2,2-4H3;5-11,13-16,19,23H,1,12,17-18H2,2-4H3;1-3,9-10H,4-7H2;2,4-5,7-8,11,17H,1,3,6,9H2;2,4-5,8,11,16H,1,3,6-7,9H2;2,4-5,7-8,11H,1,3,6,9H2/b;;;16-7-;;. The predicted molar refractivity (Wildman–Crippen MR) is 495 cm³/mol. The highest BCUT2D eigenvalue weighted by molar-refractivity contribution is 7.00. The summed E-state index contributed by atoms with van der Waals surface area (Å²) in [6, 6.07) is 60.7. The van der Waals surface area contributed by atoms with E-state index in [0.717, 1.165) is 73.4 Å². The van der Waals surface area contributed by atoms with Gasteiger partial charge in [-0.25, -0.2) is 43.9 Å². The lowest BCUT2D eigenvalue weighted by Crippen LogP contribution is -2.66. The molecule has 14 nitrogen and oxygen atoms in total. The van der Waals surface area contributed by atoms with E-state index in [4.69, 9.17) is 47.7 Å². The first-order chi connectivity index (χ1) is 61.9. The van der Waals surface area contributed by atoms with Gasteiger partial charge in [-0.3, -0.25) is 0 Å². The minimum absolute atomic E-state index is 0.0241. The van der Waals surface area contributed by atoms with E-state index in [1.165, 1.54) is 63.4 Å². The quantitative estimate of drug-likeness (QED) is 0.00628. The summed E-state index contributed by atoms with van der Waals surface area (Å²) in [6.45, 7) is 34.5. The van der Waals surface area contributed by atoms with Crippen LogP contribution in [0.1, 0.15) is 146 Å². The number of aliphatic hydroxyl groups excluding tert-OH is 2. The number of aldehydes is 1. The molecule has 0 aromatic heterocycles. The molecule has 0 spiro atoms. The number of oxime groups is 2. The number of nitrogens with zero attached hydrogens (tertiary/aromatic N) is 2. The number of hydrogen-bond donors (Lipinski definition) is 3. The molecule has 2 aliphatic rings. The van der Waals surface area contributed by atoms with Crippen LogP contribution in [0.15, 0.2) is 286 Å². The van der Waals surface area contributed by atoms with Crippen molar-refractivity contribution in [1.29, 1.82) is 0 Å². The van der Waals surface area contributed by atoms with Crippen LogP contribution < -0.4 is 20.7 Å². The molecular formula is C103H122F10N2O12Si2. The van der Waals surface area contributed by atoms with Gasteiger partial charge >= 0.3 is 0 Å². The Morgan fingerprint density at radius 3 is 1.05 bits per heavy atom. The molecule has 26 heteroatoms. The van der Waals surface area contributed by atoms with Gasteiger partial charge in [0.1, 0.15) is 12.9 Å². The molecule has 1 saturated carbocycles. The minimum atomic E-state index is -2.61. The molecule has 129 heavy (non-hydrogen) atoms. The molecule has 9 aromatic carbocycles. The molecule has 1 heterocycles. The van der Waals surface area contributed by atoms with Crippen molar-refractivity contribution in [2.75, 3.05) is 26.4 Å². The molecule has 0 amide bonds. The van der Waals surface area contributed by atoms with Crippen molar-refractivity contribution in [2.45, 2.75) is 198 Å². The third kappa shape index (κ3) is 35.5. The molecule has 0 bridgehead atoms. The number of hydrogen-bond acceptors (Lipinski definition) is 14. The van der Waals surface area contributed by atoms with Crippen LogP contribution >= 0.6 is 0 Å². The van der Waals surface area contributed by atoms with Gasteiger partial charge in [-0.15, -0.1) is 38.1 Å². The summed E-state index contributed by atoms with van der Waals surface area (Å²) >= 11 is 0. The third-order valence-corrected chi connectivity index (χ3v) is 31.1. The Hall–Kier alpha value is -10.3. The van der Waals surface area contributed by atoms with Crippen LogP contribution in [0.2, 0.25) is 10.1 Å². The number of carbonyl (C=O) groups is 1. The lowest BCUT2D eigenvalue weighted by Gasteiger charge is -2.43. The van der Waals surface area contributed by atoms with Crippen molar-refractivity contribution >= 4 is 55.6 Å². The molecule has 0 radical (unpaired) electrons. The van der Waals surface area contributed by atoms with E-state index in [1.54, 1.807) is 30.4 Å². The molecule has 1 aliphatic heterocycles. The van der Waals surface area contributed by atoms with Crippen LogP contribution in [0.4, 0.5) is 43.9 Å². The highest BCUT2D eigenvalue weighted by atomic mass is 28.4. The number of fused-ring (bicyclic) bond motifs is 1. The number of aliphatic hydroxyl groups is 2. The van der Waals surface area contributed by atoms with Gasteiger partial charge < -0.3 is 57.6 Å². The molecule has 1 aliphatic carbocycles. The van der Waals surface area contributed by atoms with Gasteiger partial charge in [0.2, 0.25) is 0 Å². The van der Waals surface area contributed by atoms with Crippen molar-refractivity contribution in [3.05, 3.63) is 362 Å². The Morgan fingerprint density at radius 2 is 0.744 bits per heavy atom. The Labute approximate surface area is 755 Å². The van der Waals surface area contributed by atoms with Crippen LogP contribution in [-0.2, 0) is 75.2 Å². The largest absolute Gasteiger partial charge is 0.411 e. The van der Waals surface area contributed by atoms with Crippen LogP contribution in [0.25, 0.3) is 0 Å². The van der Waals surface area contributed by atoms with E-state index in [9.17, 15) is 53.8 Å². The maximum atomic E-state index is 13.6. The summed E-state index contributed by atoms with van der Waals surface area (Å²) in [7, 11) is -5.09. The van der Waals surface area contributed by atoms with Crippen LogP contribution in [0, 0.1) is 64.1 Å². The van der Waals surface area contributed by atoms with Crippen molar-refractivity contribution in [2.24, 2.45) is 16.2 Å². The van der Waals surface area contributed by atoms with Gasteiger partial charge in [0.05, 0.1) is 75.4 Å². The second-order valence-corrected chi connectivity index (χ2v) is 41.4. The molecule has 7 unspecified atom stereocenters. The van der Waals surface area contributed by atoms with Gasteiger partial charge in [-0.05, 0) is 177 Å². The number of ether oxygens (including phenoxy) is 5. The van der Waals surface area contributed by atoms with Gasteiger partial charge in [0, 0.05) is 51.2 Å². The van der Waals surface area contributed by atoms with E-state index in [-0.39, 0.29) is 80.1 Å². The fraction of sp³-hybridized carbons (Fsp3) is 0.350. The highest BCUT2D eigenvalue weighted by Gasteiger charge is 2.51. The van der Waals surface area contributed by atoms with Gasteiger partial charge in [0.25, 0.3) is 16.6 Å². The van der Waals surface area contributed by atoms with E-state index in [2.05, 4.69) is 182 Å². The topological polar surface area (TPSA) is 176 Å². The smallest absolute Gasteiger partial charge is 0.261 e. The zero-order valence-electron chi connectivity index (χ0n) is 74.4. The average molecular weight is 1830 g/mol. The average Bonchev–Trinajstić information content (AvgIpc) is 1.63. The van der Waals surface area contributed by atoms with Gasteiger partial charge in [-0.2, -0.15) is 0 Å². The normalized spacial score (nSPS) is 14.6. The molecule has 3 N–H and O–H groups in total. The van der Waals surface area contributed by atoms with E-state index >= 15 is 0 Å². The molecule has 694 valence electrons. The number of rotatable bonds is 43. The number of benzene rings is 9. The monoisotopic (exact) mass is 1820 g/mol. The van der Waals surface area contributed by atoms with Crippen LogP contribution in [0.5, 0.6) is 0 Å². The fourth-order valence-electron chi connectivity index (χ4n) is 14.5. The minimum Gasteiger partial charge on any atom is -0.411 e. The zero-order chi connectivity index (χ0) is 94.2. The summed E-state index contributed by atoms with van der Waals surface area (Å²) in [6.07, 6.45) is 16.8. The Bertz CT molecular complexity index is 4810. The van der Waals surface area contributed by atoms with E-state index < -0.39 is 80.9 Å². The summed E-state index contributed by atoms with van der Waals surface area (Å²) in [5, 5.41) is 38.9. The molecule has 1 fully saturated rings. The first-order valence-corrected chi connectivity index (χ1v) is 46.6. The predicted octanol–water partition coefficient (Wildman–Crippen LogP) is 22.0. The van der Waals surface area contributed by atoms with Gasteiger partial charge in [0.15, 0.2) is 58.2 Å². The third-order valence-electron chi connectivity index (χ3n) is 21.0. The zero-order valence-corrected chi connectivity index (χ0v) is 76.4. The second-order valence-electron chi connectivity index (χ2n) is 32.7. The Kier molecular flexibility index (Phi) is 47.4. The number of halogens is 10. The summed E-state index contributed by atoms with van der Waals surface area (Å²) in [5.74, 6) is -8.33. The number of carbonyl (C=O) groups excluding carboxylic acids is 1. The van der Waals surface area contributed by atoms with Crippen molar-refractivity contribution in [3.63, 3.8) is 0 Å². The van der Waals surface area contributed by atoms with E-state index in [0.29, 0.717) is 118 Å². The molecule has 0 saturated heterocycles. The Balaban J connectivity index is 0.000000244. The van der Waals surface area contributed by atoms with Crippen LogP contribution in [0.3, 0.4) is 0 Å². The van der Waals surface area contributed by atoms with Crippen molar-refractivity contribution in [1.82, 2.24) is 0 Å². The maximum Gasteiger partial charge on any atom is 0.261 e. The first kappa shape index (κ1) is 107. The summed E-state index contributed by atoms with van der Waals surface area (Å²) < 4.78 is 171. The highest BCUT2D eigenvalue weighted by Crippen LogP contribution is 2.39. The second kappa shape index (κ2) is 57.0. The molecular weight excluding hydrogens is 1700 g/mol. The summed E-state index contributed by atoms with van der Waals surface area (Å²) in [5.41, 5.74) is 3.94. The maximum absolute atomic E-state index is 13.6. The van der Waals surface area contributed by atoms with Crippen molar-refractivity contribution in [3.8, 4) is 0 Å². The fourth-order valence-corrected chi connectivity index (χ4v) is 23.6. The van der Waals surface area contributed by atoms with Gasteiger partial charge in [-0.1, -0.05) is 229 Å². The lowest BCUT2D eigenvalue weighted by atomic mass is 10.1. The molecule has 11 rings (SSSR count). The van der Waals surface area contributed by atoms with Crippen molar-refractivity contribution < 1.29 is 101 Å².